The predicted molar refractivity (Wildman–Crippen MR) is 177 cm³/mol. The molecular formula is C35H50N4O8. The molecule has 4 amide bonds. The summed E-state index contributed by atoms with van der Waals surface area (Å²) in [5.74, 6) is -2.83. The van der Waals surface area contributed by atoms with E-state index in [0.29, 0.717) is 16.7 Å². The number of nitrogens with two attached hydrogens (primary N) is 1. The van der Waals surface area contributed by atoms with Gasteiger partial charge in [-0.05, 0) is 84.1 Å². The van der Waals surface area contributed by atoms with Gasteiger partial charge in [0.1, 0.15) is 29.3 Å². The number of hydrogen-bond acceptors (Lipinski definition) is 8. The van der Waals surface area contributed by atoms with Crippen molar-refractivity contribution in [1.82, 2.24) is 15.5 Å². The van der Waals surface area contributed by atoms with Crippen molar-refractivity contribution in [2.45, 2.75) is 104 Å². The van der Waals surface area contributed by atoms with Crippen LogP contribution in [0.2, 0.25) is 0 Å². The number of aliphatic hydroxyl groups excluding tert-OH is 1. The average Bonchev–Trinajstić information content (AvgIpc) is 2.94. The summed E-state index contributed by atoms with van der Waals surface area (Å²) in [6.45, 7) is 12.8. The predicted octanol–water partition coefficient (Wildman–Crippen LogP) is 3.39. The van der Waals surface area contributed by atoms with Crippen LogP contribution in [-0.2, 0) is 35.1 Å². The van der Waals surface area contributed by atoms with Gasteiger partial charge in [0.25, 0.3) is 0 Å². The number of carbonyl (C=O) groups is 5. The lowest BCUT2D eigenvalue weighted by molar-refractivity contribution is -0.159. The van der Waals surface area contributed by atoms with Gasteiger partial charge in [0.15, 0.2) is 0 Å². The minimum atomic E-state index is -1.35. The van der Waals surface area contributed by atoms with Crippen LogP contribution in [0.5, 0.6) is 0 Å². The van der Waals surface area contributed by atoms with Gasteiger partial charge in [0.2, 0.25) is 17.7 Å². The van der Waals surface area contributed by atoms with Crippen molar-refractivity contribution in [3.05, 3.63) is 70.8 Å². The Labute approximate surface area is 277 Å². The maximum absolute atomic E-state index is 14.5. The van der Waals surface area contributed by atoms with Gasteiger partial charge in [-0.3, -0.25) is 14.4 Å². The molecule has 0 fully saturated rings. The molecule has 0 saturated heterocycles. The number of aryl methyl sites for hydroxylation is 2. The maximum atomic E-state index is 14.5. The number of rotatable bonds is 14. The van der Waals surface area contributed by atoms with Crippen LogP contribution in [-0.4, -0.2) is 76.2 Å². The van der Waals surface area contributed by atoms with E-state index in [0.717, 1.165) is 10.5 Å². The summed E-state index contributed by atoms with van der Waals surface area (Å²) in [5, 5.41) is 15.5. The van der Waals surface area contributed by atoms with Gasteiger partial charge < -0.3 is 35.8 Å². The van der Waals surface area contributed by atoms with Gasteiger partial charge in [-0.15, -0.1) is 0 Å². The molecule has 5 N–H and O–H groups in total. The second-order valence-corrected chi connectivity index (χ2v) is 13.5. The number of carbonyl (C=O) groups excluding carboxylic acids is 5. The van der Waals surface area contributed by atoms with E-state index in [1.54, 1.807) is 73.6 Å². The second kappa shape index (κ2) is 16.9. The minimum absolute atomic E-state index is 0.107. The molecule has 2 rings (SSSR count). The van der Waals surface area contributed by atoms with Crippen LogP contribution in [0.1, 0.15) is 82.7 Å². The van der Waals surface area contributed by atoms with Crippen LogP contribution >= 0.6 is 0 Å². The number of esters is 1. The molecule has 0 aliphatic heterocycles. The normalized spacial score (nSPS) is 13.5. The lowest BCUT2D eigenvalue weighted by Crippen LogP contribution is -2.56. The molecule has 0 heterocycles. The Morgan fingerprint density at radius 3 is 1.91 bits per heavy atom. The fourth-order valence-electron chi connectivity index (χ4n) is 5.02. The number of nitrogens with zero attached hydrogens (tertiary/aromatic N) is 1. The fraction of sp³-hybridized carbons (Fsp3) is 0.514. The summed E-state index contributed by atoms with van der Waals surface area (Å²) in [6.07, 6.45) is -1.25. The molecule has 0 bridgehead atoms. The number of benzene rings is 2. The summed E-state index contributed by atoms with van der Waals surface area (Å²) in [7, 11) is 0. The number of amides is 4. The SMILES string of the molecule is Cc1cccc(C)c1C(C(=O)NC(Cc1ccccc1)C(=O)OC(C)(C)C)N(CCO)C(=O)C(CCC(N)=O)NC(=O)OC(C)(C)C. The summed E-state index contributed by atoms with van der Waals surface area (Å²) in [6, 6.07) is 10.6. The van der Waals surface area contributed by atoms with Crippen molar-refractivity contribution >= 4 is 29.8 Å². The van der Waals surface area contributed by atoms with Gasteiger partial charge in [-0.25, -0.2) is 9.59 Å². The number of nitrogens with one attached hydrogen (secondary N) is 2. The molecule has 2 aromatic rings. The topological polar surface area (TPSA) is 177 Å². The van der Waals surface area contributed by atoms with Crippen LogP contribution in [0.3, 0.4) is 0 Å². The first-order valence-corrected chi connectivity index (χ1v) is 15.7. The third-order valence-electron chi connectivity index (χ3n) is 6.96. The molecular weight excluding hydrogens is 604 g/mol. The fourth-order valence-corrected chi connectivity index (χ4v) is 5.02. The summed E-state index contributed by atoms with van der Waals surface area (Å²) in [5.41, 5.74) is 6.24. The first-order chi connectivity index (χ1) is 21.8. The highest BCUT2D eigenvalue weighted by atomic mass is 16.6. The zero-order chi connectivity index (χ0) is 35.5. The first kappa shape index (κ1) is 38.7. The van der Waals surface area contributed by atoms with Crippen molar-refractivity contribution < 1.29 is 38.6 Å². The Morgan fingerprint density at radius 1 is 0.830 bits per heavy atom. The molecule has 0 aromatic heterocycles. The van der Waals surface area contributed by atoms with Crippen LogP contribution in [0.15, 0.2) is 48.5 Å². The maximum Gasteiger partial charge on any atom is 0.408 e. The van der Waals surface area contributed by atoms with E-state index in [9.17, 15) is 29.1 Å². The van der Waals surface area contributed by atoms with Gasteiger partial charge in [0.05, 0.1) is 6.61 Å². The monoisotopic (exact) mass is 654 g/mol. The van der Waals surface area contributed by atoms with E-state index in [1.165, 1.54) is 0 Å². The molecule has 12 heteroatoms. The molecule has 3 atom stereocenters. The summed E-state index contributed by atoms with van der Waals surface area (Å²) >= 11 is 0. The van der Waals surface area contributed by atoms with E-state index in [2.05, 4.69) is 10.6 Å². The number of ether oxygens (including phenoxy) is 2. The zero-order valence-electron chi connectivity index (χ0n) is 28.7. The standard InChI is InChI=1S/C35H50N4O8/c1-22-13-12-14-23(2)28(22)29(30(42)37-26(32(44)46-34(3,4)5)21-24-15-10-9-11-16-24)39(19-20-40)31(43)25(17-18-27(36)41)38-33(45)47-35(6,7)8/h9-16,25-26,29,40H,17-21H2,1-8H3,(H2,36,41)(H,37,42)(H,38,45). The Balaban J connectivity index is 2.65. The summed E-state index contributed by atoms with van der Waals surface area (Å²) < 4.78 is 11.0. The van der Waals surface area contributed by atoms with Gasteiger partial charge >= 0.3 is 12.1 Å². The molecule has 0 aliphatic carbocycles. The lowest BCUT2D eigenvalue weighted by atomic mass is 9.93. The van der Waals surface area contributed by atoms with E-state index >= 15 is 0 Å². The number of alkyl carbamates (subject to hydrolysis) is 1. The molecule has 2 aromatic carbocycles. The van der Waals surface area contributed by atoms with Crippen LogP contribution in [0.4, 0.5) is 4.79 Å². The van der Waals surface area contributed by atoms with Crippen molar-refractivity contribution in [2.75, 3.05) is 13.2 Å². The molecule has 3 unspecified atom stereocenters. The molecule has 0 spiro atoms. The molecule has 0 radical (unpaired) electrons. The Hall–Kier alpha value is -4.45. The number of aliphatic hydroxyl groups is 1. The first-order valence-electron chi connectivity index (χ1n) is 15.7. The Morgan fingerprint density at radius 2 is 1.40 bits per heavy atom. The molecule has 0 aliphatic rings. The van der Waals surface area contributed by atoms with Crippen molar-refractivity contribution in [1.29, 1.82) is 0 Å². The van der Waals surface area contributed by atoms with Gasteiger partial charge in [-0.1, -0.05) is 48.5 Å². The smallest absolute Gasteiger partial charge is 0.408 e. The molecule has 0 saturated carbocycles. The van der Waals surface area contributed by atoms with Crippen LogP contribution in [0, 0.1) is 13.8 Å². The average molecular weight is 655 g/mol. The van der Waals surface area contributed by atoms with E-state index in [1.807, 2.05) is 30.3 Å². The number of hydrogen-bond donors (Lipinski definition) is 4. The molecule has 12 nitrogen and oxygen atoms in total. The largest absolute Gasteiger partial charge is 0.458 e. The van der Waals surface area contributed by atoms with Gasteiger partial charge in [0, 0.05) is 19.4 Å². The highest BCUT2D eigenvalue weighted by molar-refractivity contribution is 5.94. The Bertz CT molecular complexity index is 1380. The Kier molecular flexibility index (Phi) is 13.9. The minimum Gasteiger partial charge on any atom is -0.458 e. The van der Waals surface area contributed by atoms with Crippen LogP contribution in [0.25, 0.3) is 0 Å². The van der Waals surface area contributed by atoms with Gasteiger partial charge in [-0.2, -0.15) is 0 Å². The quantitative estimate of drug-likeness (QED) is 0.224. The van der Waals surface area contributed by atoms with Crippen LogP contribution < -0.4 is 16.4 Å². The molecule has 258 valence electrons. The zero-order valence-corrected chi connectivity index (χ0v) is 28.7. The lowest BCUT2D eigenvalue weighted by Gasteiger charge is -2.36. The van der Waals surface area contributed by atoms with Crippen molar-refractivity contribution in [2.24, 2.45) is 5.73 Å². The highest BCUT2D eigenvalue weighted by Gasteiger charge is 2.39. The number of primary amides is 1. The third kappa shape index (κ3) is 12.7. The van der Waals surface area contributed by atoms with Crippen molar-refractivity contribution in [3.8, 4) is 0 Å². The molecule has 47 heavy (non-hydrogen) atoms. The summed E-state index contributed by atoms with van der Waals surface area (Å²) in [4.78, 5) is 67.9. The van der Waals surface area contributed by atoms with E-state index < -0.39 is 65.7 Å². The third-order valence-corrected chi connectivity index (χ3v) is 6.96. The van der Waals surface area contributed by atoms with E-state index in [4.69, 9.17) is 15.2 Å². The highest BCUT2D eigenvalue weighted by Crippen LogP contribution is 2.29. The van der Waals surface area contributed by atoms with Crippen molar-refractivity contribution in [3.63, 3.8) is 0 Å². The second-order valence-electron chi connectivity index (χ2n) is 13.5. The van der Waals surface area contributed by atoms with E-state index in [-0.39, 0.29) is 25.8 Å².